The van der Waals surface area contributed by atoms with Gasteiger partial charge in [0.2, 0.25) is 11.5 Å². The predicted octanol–water partition coefficient (Wildman–Crippen LogP) is 5.54. The van der Waals surface area contributed by atoms with E-state index in [2.05, 4.69) is 19.4 Å². The number of thiophene rings is 2. The van der Waals surface area contributed by atoms with E-state index in [9.17, 15) is 19.2 Å². The van der Waals surface area contributed by atoms with Crippen LogP contribution < -0.4 is 0 Å². The third-order valence-electron chi connectivity index (χ3n) is 5.12. The minimum Gasteiger partial charge on any atom is -0.387 e. The molecule has 0 amide bonds. The number of H-pyrrole nitrogens is 2. The van der Waals surface area contributed by atoms with Gasteiger partial charge in [-0.15, -0.1) is 22.7 Å². The Bertz CT molecular complexity index is 1510. The van der Waals surface area contributed by atoms with Crippen molar-refractivity contribution in [2.45, 2.75) is 0 Å². The van der Waals surface area contributed by atoms with E-state index in [1.807, 2.05) is 36.4 Å². The molecule has 2 aliphatic heterocycles. The first-order valence-corrected chi connectivity index (χ1v) is 11.9. The molecule has 2 N–H and O–H groups in total. The molecule has 4 aromatic heterocycles. The van der Waals surface area contributed by atoms with Crippen molar-refractivity contribution in [2.75, 3.05) is 0 Å². The molecule has 0 spiro atoms. The maximum atomic E-state index is 11.5. The van der Waals surface area contributed by atoms with Crippen molar-refractivity contribution in [1.29, 1.82) is 0 Å². The average Bonchev–Trinajstić information content (AvgIpc) is 3.65. The Balaban J connectivity index is 1.19. The second-order valence-electron chi connectivity index (χ2n) is 7.48. The van der Waals surface area contributed by atoms with Gasteiger partial charge in [0, 0.05) is 33.3 Å². The number of hydrogen-bond donors (Lipinski definition) is 2. The van der Waals surface area contributed by atoms with Crippen LogP contribution in [0.3, 0.4) is 0 Å². The summed E-state index contributed by atoms with van der Waals surface area (Å²) in [6.07, 6.45) is 0.759. The predicted molar refractivity (Wildman–Crippen MR) is 128 cm³/mol. The first-order chi connectivity index (χ1) is 17.4. The number of carbonyl (C=O) groups excluding carboxylic acids is 4. The van der Waals surface area contributed by atoms with Crippen molar-refractivity contribution >= 4 is 59.1 Å². The fourth-order valence-corrected chi connectivity index (χ4v) is 5.59. The van der Waals surface area contributed by atoms with E-state index in [1.54, 1.807) is 34.8 Å². The summed E-state index contributed by atoms with van der Waals surface area (Å²) < 4.78 is 18.1. The van der Waals surface area contributed by atoms with Gasteiger partial charge in [-0.1, -0.05) is 0 Å². The second-order valence-corrected chi connectivity index (χ2v) is 9.65. The number of nitrogens with one attached hydrogen (secondary N) is 2. The Morgan fingerprint density at radius 1 is 0.528 bits per heavy atom. The summed E-state index contributed by atoms with van der Waals surface area (Å²) in [5.74, 6) is -1.98. The van der Waals surface area contributed by atoms with Gasteiger partial charge in [-0.2, -0.15) is 0 Å². The van der Waals surface area contributed by atoms with Gasteiger partial charge < -0.3 is 28.9 Å². The smallest absolute Gasteiger partial charge is 0.387 e. The Hall–Kier alpha value is -4.68. The quantitative estimate of drug-likeness (QED) is 0.199. The minimum absolute atomic E-state index is 0.167. The van der Waals surface area contributed by atoms with Gasteiger partial charge in [-0.3, -0.25) is 0 Å². The molecule has 0 saturated carbocycles. The zero-order valence-corrected chi connectivity index (χ0v) is 19.5. The number of esters is 2. The molecule has 6 rings (SSSR count). The van der Waals surface area contributed by atoms with E-state index in [4.69, 9.17) is 9.47 Å². The molecule has 4 aromatic rings. The van der Waals surface area contributed by atoms with Gasteiger partial charge in [0.15, 0.2) is 0 Å². The topological polar surface area (TPSA) is 137 Å². The van der Waals surface area contributed by atoms with Gasteiger partial charge in [0.1, 0.15) is 0 Å². The van der Waals surface area contributed by atoms with Gasteiger partial charge in [0.25, 0.3) is 0 Å². The monoisotopic (exact) mass is 520 g/mol. The summed E-state index contributed by atoms with van der Waals surface area (Å²) >= 11 is 3.19. The third kappa shape index (κ3) is 4.15. The Morgan fingerprint density at radius 2 is 0.944 bits per heavy atom. The number of carbonyl (C=O) groups is 4. The first-order valence-electron chi connectivity index (χ1n) is 10.3. The summed E-state index contributed by atoms with van der Waals surface area (Å²) in [4.78, 5) is 55.7. The molecule has 6 heterocycles. The van der Waals surface area contributed by atoms with Crippen LogP contribution in [0.2, 0.25) is 0 Å². The van der Waals surface area contributed by atoms with E-state index in [0.717, 1.165) is 30.9 Å². The fourth-order valence-electron chi connectivity index (χ4n) is 3.53. The zero-order chi connectivity index (χ0) is 24.8. The van der Waals surface area contributed by atoms with Crippen LogP contribution in [0.4, 0.5) is 9.59 Å². The molecule has 10 nitrogen and oxygen atoms in total. The maximum absolute atomic E-state index is 11.5. The SMILES string of the molecule is O=C1OC(=O)/C(=C\c2ccc(-c3ccc(-c4ccc(-c5ccc(/C=C6/OC(=O)OC6=O)[nH]5)s4)s3)[nH]2)O1. The van der Waals surface area contributed by atoms with Crippen LogP contribution >= 0.6 is 22.7 Å². The van der Waals surface area contributed by atoms with Gasteiger partial charge in [0.05, 0.1) is 21.1 Å². The molecule has 0 radical (unpaired) electrons. The summed E-state index contributed by atoms with van der Waals surface area (Å²) in [5.41, 5.74) is 2.89. The van der Waals surface area contributed by atoms with Gasteiger partial charge in [-0.05, 0) is 48.5 Å². The molecule has 0 aliphatic carbocycles. The van der Waals surface area contributed by atoms with E-state index in [1.165, 1.54) is 12.2 Å². The number of rotatable bonds is 5. The molecule has 36 heavy (non-hydrogen) atoms. The molecule has 0 atom stereocenters. The molecular weight excluding hydrogens is 508 g/mol. The lowest BCUT2D eigenvalue weighted by atomic mass is 10.3. The molecule has 0 aromatic carbocycles. The lowest BCUT2D eigenvalue weighted by molar-refractivity contribution is -0.131. The largest absolute Gasteiger partial charge is 0.522 e. The highest BCUT2D eigenvalue weighted by Crippen LogP contribution is 2.40. The summed E-state index contributed by atoms with van der Waals surface area (Å²) in [7, 11) is 0. The van der Waals surface area contributed by atoms with Crippen molar-refractivity contribution in [2.24, 2.45) is 0 Å². The van der Waals surface area contributed by atoms with E-state index in [0.29, 0.717) is 11.4 Å². The molecule has 2 fully saturated rings. The molecule has 12 heteroatoms. The molecule has 0 bridgehead atoms. The number of cyclic esters (lactones) is 6. The molecular formula is C24H12N2O8S2. The summed E-state index contributed by atoms with van der Waals surface area (Å²) in [6, 6.07) is 15.3. The lowest BCUT2D eigenvalue weighted by Gasteiger charge is -1.94. The Morgan fingerprint density at radius 3 is 1.33 bits per heavy atom. The van der Waals surface area contributed by atoms with Crippen LogP contribution in [0, 0.1) is 0 Å². The van der Waals surface area contributed by atoms with Gasteiger partial charge in [-0.25, -0.2) is 19.2 Å². The number of ether oxygens (including phenoxy) is 4. The van der Waals surface area contributed by atoms with Gasteiger partial charge >= 0.3 is 24.2 Å². The van der Waals surface area contributed by atoms with Crippen molar-refractivity contribution in [3.05, 3.63) is 71.4 Å². The van der Waals surface area contributed by atoms with Crippen LogP contribution in [0.1, 0.15) is 11.4 Å². The maximum Gasteiger partial charge on any atom is 0.522 e. The second kappa shape index (κ2) is 8.52. The van der Waals surface area contributed by atoms with Crippen molar-refractivity contribution < 1.29 is 38.1 Å². The third-order valence-corrected chi connectivity index (χ3v) is 7.55. The summed E-state index contributed by atoms with van der Waals surface area (Å²) in [6.45, 7) is 0. The molecule has 178 valence electrons. The van der Waals surface area contributed by atoms with Crippen molar-refractivity contribution in [3.8, 4) is 30.9 Å². The van der Waals surface area contributed by atoms with Crippen LogP contribution in [0.25, 0.3) is 43.0 Å². The lowest BCUT2D eigenvalue weighted by Crippen LogP contribution is -1.95. The standard InChI is InChI=1S/C24H12N2O8S2/c27-21-15(31-23(29)33-21)9-11-1-3-13(25-11)17-5-7-19(35-17)20-8-6-18(36-20)14-4-2-12(26-14)10-16-22(28)34-24(30)32-16/h1-10,25-26H/b15-9+,16-10+. The average molecular weight is 521 g/mol. The van der Waals surface area contributed by atoms with Crippen LogP contribution in [0.5, 0.6) is 0 Å². The van der Waals surface area contributed by atoms with Crippen LogP contribution in [-0.4, -0.2) is 34.2 Å². The highest BCUT2D eigenvalue weighted by molar-refractivity contribution is 7.25. The molecule has 2 saturated heterocycles. The number of aromatic amines is 2. The minimum atomic E-state index is -1.03. The Kier molecular flexibility index (Phi) is 5.16. The molecule has 0 unspecified atom stereocenters. The molecule has 2 aliphatic rings. The van der Waals surface area contributed by atoms with Crippen molar-refractivity contribution in [3.63, 3.8) is 0 Å². The van der Waals surface area contributed by atoms with E-state index in [-0.39, 0.29) is 11.5 Å². The van der Waals surface area contributed by atoms with Crippen LogP contribution in [0.15, 0.2) is 60.0 Å². The zero-order valence-electron chi connectivity index (χ0n) is 17.9. The van der Waals surface area contributed by atoms with E-state index < -0.39 is 24.2 Å². The summed E-state index contributed by atoms with van der Waals surface area (Å²) in [5, 5.41) is 0. The number of hydrogen-bond acceptors (Lipinski definition) is 10. The van der Waals surface area contributed by atoms with Crippen LogP contribution in [-0.2, 0) is 28.5 Å². The highest BCUT2D eigenvalue weighted by Gasteiger charge is 2.30. The fraction of sp³-hybridized carbons (Fsp3) is 0. The van der Waals surface area contributed by atoms with E-state index >= 15 is 0 Å². The van der Waals surface area contributed by atoms with Crippen molar-refractivity contribution in [1.82, 2.24) is 9.97 Å². The normalized spacial score (nSPS) is 17.6. The number of aromatic nitrogens is 2. The highest BCUT2D eigenvalue weighted by atomic mass is 32.1. The first kappa shape index (κ1) is 21.8. The Labute approximate surface area is 209 Å².